The van der Waals surface area contributed by atoms with E-state index >= 15 is 0 Å². The quantitative estimate of drug-likeness (QED) is 0.579. The molecule has 1 heterocycles. The molecule has 0 saturated heterocycles. The highest BCUT2D eigenvalue weighted by Crippen LogP contribution is 2.11. The molecule has 0 amide bonds. The topological polar surface area (TPSA) is 51.0 Å². The van der Waals surface area contributed by atoms with Crippen molar-refractivity contribution in [3.05, 3.63) is 5.89 Å². The number of anilines is 1. The zero-order chi connectivity index (χ0) is 11.1. The monoisotopic (exact) mass is 231 g/mol. The van der Waals surface area contributed by atoms with Gasteiger partial charge in [-0.2, -0.15) is 0 Å². The summed E-state index contributed by atoms with van der Waals surface area (Å²) in [7, 11) is 0. The van der Waals surface area contributed by atoms with Crippen molar-refractivity contribution in [1.82, 2.24) is 10.2 Å². The molecule has 1 N–H and O–H groups in total. The van der Waals surface area contributed by atoms with Crippen molar-refractivity contribution in [2.24, 2.45) is 0 Å². The van der Waals surface area contributed by atoms with E-state index in [1.54, 1.807) is 0 Å². The van der Waals surface area contributed by atoms with E-state index in [1.807, 2.05) is 0 Å². The number of unbranched alkanes of at least 4 members (excludes halogenated alkanes) is 2. The van der Waals surface area contributed by atoms with Gasteiger partial charge in [0.15, 0.2) is 0 Å². The normalized spacial score (nSPS) is 12.7. The van der Waals surface area contributed by atoms with Gasteiger partial charge in [-0.3, -0.25) is 0 Å². The highest BCUT2D eigenvalue weighted by atomic mass is 35.5. The lowest BCUT2D eigenvalue weighted by Crippen LogP contribution is -2.15. The molecule has 4 nitrogen and oxygen atoms in total. The van der Waals surface area contributed by atoms with Gasteiger partial charge in [-0.05, 0) is 13.3 Å². The number of aromatic nitrogens is 2. The Morgan fingerprint density at radius 2 is 2.20 bits per heavy atom. The van der Waals surface area contributed by atoms with Crippen LogP contribution in [0.5, 0.6) is 0 Å². The molecule has 0 spiro atoms. The van der Waals surface area contributed by atoms with E-state index < -0.39 is 0 Å². The number of hydrogen-bond donors (Lipinski definition) is 1. The Balaban J connectivity index is 2.27. The van der Waals surface area contributed by atoms with Crippen LogP contribution in [0, 0.1) is 0 Å². The lowest BCUT2D eigenvalue weighted by molar-refractivity contribution is 0.512. The molecule has 1 unspecified atom stereocenters. The van der Waals surface area contributed by atoms with Gasteiger partial charge in [0.2, 0.25) is 5.89 Å². The smallest absolute Gasteiger partial charge is 0.315 e. The largest absolute Gasteiger partial charge is 0.407 e. The van der Waals surface area contributed by atoms with Gasteiger partial charge in [0, 0.05) is 6.04 Å². The van der Waals surface area contributed by atoms with Crippen LogP contribution in [0.2, 0.25) is 0 Å². The van der Waals surface area contributed by atoms with Crippen LogP contribution in [0.1, 0.15) is 45.4 Å². The molecule has 5 heteroatoms. The first-order valence-electron chi connectivity index (χ1n) is 5.41. The van der Waals surface area contributed by atoms with Crippen molar-refractivity contribution >= 4 is 17.6 Å². The van der Waals surface area contributed by atoms with Crippen LogP contribution < -0.4 is 5.32 Å². The maximum Gasteiger partial charge on any atom is 0.315 e. The van der Waals surface area contributed by atoms with Gasteiger partial charge in [0.05, 0.1) is 0 Å². The minimum Gasteiger partial charge on any atom is -0.407 e. The Bertz CT molecular complexity index is 277. The van der Waals surface area contributed by atoms with E-state index in [-0.39, 0.29) is 5.88 Å². The highest BCUT2D eigenvalue weighted by Gasteiger charge is 2.07. The molecule has 0 aliphatic carbocycles. The third-order valence-electron chi connectivity index (χ3n) is 2.19. The molecular formula is C10H18ClN3O. The van der Waals surface area contributed by atoms with Crippen LogP contribution in [-0.4, -0.2) is 16.2 Å². The lowest BCUT2D eigenvalue weighted by Gasteiger charge is -2.10. The predicted octanol–water partition coefficient (Wildman–Crippen LogP) is 3.19. The Kier molecular flexibility index (Phi) is 5.47. The number of halogens is 1. The van der Waals surface area contributed by atoms with Gasteiger partial charge >= 0.3 is 6.01 Å². The summed E-state index contributed by atoms with van der Waals surface area (Å²) in [5.41, 5.74) is 0. The number of nitrogens with zero attached hydrogens (tertiary/aromatic N) is 2. The van der Waals surface area contributed by atoms with Gasteiger partial charge in [0.25, 0.3) is 0 Å². The highest BCUT2D eigenvalue weighted by molar-refractivity contribution is 6.16. The Morgan fingerprint density at radius 3 is 2.80 bits per heavy atom. The standard InChI is InChI=1S/C10H18ClN3O/c1-3-4-5-6-8(2)12-10-14-13-9(7-11)15-10/h8H,3-7H2,1-2H3,(H,12,14). The lowest BCUT2D eigenvalue weighted by atomic mass is 10.1. The molecule has 0 radical (unpaired) electrons. The second-order valence-corrected chi connectivity index (χ2v) is 3.94. The molecule has 1 aromatic heterocycles. The van der Waals surface area contributed by atoms with Crippen molar-refractivity contribution < 1.29 is 4.42 Å². The van der Waals surface area contributed by atoms with E-state index in [2.05, 4.69) is 29.4 Å². The maximum atomic E-state index is 5.56. The van der Waals surface area contributed by atoms with Crippen molar-refractivity contribution in [1.29, 1.82) is 0 Å². The third kappa shape index (κ3) is 4.51. The van der Waals surface area contributed by atoms with Crippen molar-refractivity contribution in [3.8, 4) is 0 Å². The van der Waals surface area contributed by atoms with Gasteiger partial charge in [-0.1, -0.05) is 31.3 Å². The minimum atomic E-state index is 0.263. The summed E-state index contributed by atoms with van der Waals surface area (Å²) in [5.74, 6) is 0.721. The van der Waals surface area contributed by atoms with Crippen molar-refractivity contribution in [2.75, 3.05) is 5.32 Å². The Labute approximate surface area is 95.4 Å². The van der Waals surface area contributed by atoms with E-state index in [9.17, 15) is 0 Å². The first-order valence-corrected chi connectivity index (χ1v) is 5.94. The first kappa shape index (κ1) is 12.3. The van der Waals surface area contributed by atoms with Crippen molar-refractivity contribution in [3.63, 3.8) is 0 Å². The molecule has 0 fully saturated rings. The molecule has 0 saturated carbocycles. The van der Waals surface area contributed by atoms with Crippen LogP contribution >= 0.6 is 11.6 Å². The summed E-state index contributed by atoms with van der Waals surface area (Å²) in [6.07, 6.45) is 4.85. The summed E-state index contributed by atoms with van der Waals surface area (Å²) in [6.45, 7) is 4.31. The molecule has 0 bridgehead atoms. The third-order valence-corrected chi connectivity index (χ3v) is 2.42. The van der Waals surface area contributed by atoms with Gasteiger partial charge in [-0.15, -0.1) is 16.7 Å². The number of rotatable bonds is 7. The summed E-state index contributed by atoms with van der Waals surface area (Å²) < 4.78 is 5.24. The summed E-state index contributed by atoms with van der Waals surface area (Å²) in [5, 5.41) is 10.8. The molecule has 1 atom stereocenters. The minimum absolute atomic E-state index is 0.263. The predicted molar refractivity (Wildman–Crippen MR) is 61.1 cm³/mol. The molecule has 15 heavy (non-hydrogen) atoms. The molecule has 0 aromatic carbocycles. The molecule has 1 aromatic rings. The van der Waals surface area contributed by atoms with Crippen LogP contribution in [0.3, 0.4) is 0 Å². The van der Waals surface area contributed by atoms with Gasteiger partial charge in [0.1, 0.15) is 5.88 Å². The molecule has 86 valence electrons. The molecule has 0 aliphatic rings. The van der Waals surface area contributed by atoms with Crippen LogP contribution in [-0.2, 0) is 5.88 Å². The SMILES string of the molecule is CCCCCC(C)Nc1nnc(CCl)o1. The Hall–Kier alpha value is -0.770. The number of hydrogen-bond acceptors (Lipinski definition) is 4. The maximum absolute atomic E-state index is 5.56. The average molecular weight is 232 g/mol. The van der Waals surface area contributed by atoms with E-state index in [4.69, 9.17) is 16.0 Å². The average Bonchev–Trinajstić information content (AvgIpc) is 2.66. The summed E-state index contributed by atoms with van der Waals surface area (Å²) in [6, 6.07) is 0.829. The molecule has 1 rings (SSSR count). The summed E-state index contributed by atoms with van der Waals surface area (Å²) in [4.78, 5) is 0. The fourth-order valence-corrected chi connectivity index (χ4v) is 1.46. The molecule has 0 aliphatic heterocycles. The van der Waals surface area contributed by atoms with E-state index in [0.29, 0.717) is 17.9 Å². The van der Waals surface area contributed by atoms with E-state index in [0.717, 1.165) is 6.42 Å². The fourth-order valence-electron chi connectivity index (χ4n) is 1.35. The summed E-state index contributed by atoms with van der Waals surface area (Å²) >= 11 is 5.56. The van der Waals surface area contributed by atoms with Gasteiger partial charge < -0.3 is 9.73 Å². The van der Waals surface area contributed by atoms with Crippen LogP contribution in [0.4, 0.5) is 6.01 Å². The van der Waals surface area contributed by atoms with Crippen LogP contribution in [0.15, 0.2) is 4.42 Å². The molecular weight excluding hydrogens is 214 g/mol. The van der Waals surface area contributed by atoms with Crippen LogP contribution in [0.25, 0.3) is 0 Å². The van der Waals surface area contributed by atoms with Crippen molar-refractivity contribution in [2.45, 2.75) is 51.5 Å². The first-order chi connectivity index (χ1) is 7.26. The van der Waals surface area contributed by atoms with E-state index in [1.165, 1.54) is 19.3 Å². The number of nitrogens with one attached hydrogen (secondary N) is 1. The fraction of sp³-hybridized carbons (Fsp3) is 0.800. The zero-order valence-electron chi connectivity index (χ0n) is 9.29. The second-order valence-electron chi connectivity index (χ2n) is 3.68. The Morgan fingerprint density at radius 1 is 1.40 bits per heavy atom. The number of alkyl halides is 1. The zero-order valence-corrected chi connectivity index (χ0v) is 10.0. The second kappa shape index (κ2) is 6.67. The van der Waals surface area contributed by atoms with Gasteiger partial charge in [-0.25, -0.2) is 0 Å².